The van der Waals surface area contributed by atoms with Gasteiger partial charge in [-0.15, -0.1) is 0 Å². The topological polar surface area (TPSA) is 28.2 Å². The van der Waals surface area contributed by atoms with Gasteiger partial charge in [-0.1, -0.05) is 6.07 Å². The largest absolute Gasteiger partial charge is 0.311 e. The summed E-state index contributed by atoms with van der Waals surface area (Å²) in [5.74, 6) is 1.26. The first kappa shape index (κ1) is 14.5. The molecule has 0 aliphatic carbocycles. The molecule has 0 fully saturated rings. The van der Waals surface area contributed by atoms with Crippen LogP contribution >= 0.6 is 11.8 Å². The van der Waals surface area contributed by atoms with Crippen LogP contribution in [0, 0.1) is 0 Å². The molecule has 0 saturated carbocycles. The van der Waals surface area contributed by atoms with E-state index in [9.17, 15) is 0 Å². The maximum absolute atomic E-state index is 4.10. The van der Waals surface area contributed by atoms with E-state index in [-0.39, 0.29) is 0 Å². The molecule has 1 aromatic rings. The maximum Gasteiger partial charge on any atom is 0.0312 e. The monoisotopic (exact) mass is 253 g/mol. The Morgan fingerprint density at radius 1 is 1.41 bits per heavy atom. The molecule has 17 heavy (non-hydrogen) atoms. The van der Waals surface area contributed by atoms with Gasteiger partial charge in [0.1, 0.15) is 0 Å². The molecule has 4 heteroatoms. The lowest BCUT2D eigenvalue weighted by Gasteiger charge is -2.16. The van der Waals surface area contributed by atoms with Crippen molar-refractivity contribution in [2.45, 2.75) is 13.0 Å². The molecule has 1 rings (SSSR count). The second kappa shape index (κ2) is 9.45. The molecule has 1 heterocycles. The molecule has 0 aromatic carbocycles. The van der Waals surface area contributed by atoms with E-state index >= 15 is 0 Å². The molecule has 0 bridgehead atoms. The lowest BCUT2D eigenvalue weighted by Crippen LogP contribution is -2.29. The minimum absolute atomic E-state index is 0.909. The lowest BCUT2D eigenvalue weighted by atomic mass is 10.3. The van der Waals surface area contributed by atoms with Crippen LogP contribution in [0.15, 0.2) is 24.5 Å². The quantitative estimate of drug-likeness (QED) is 0.680. The molecule has 0 radical (unpaired) electrons. The van der Waals surface area contributed by atoms with Crippen molar-refractivity contribution >= 4 is 11.8 Å². The average molecular weight is 253 g/mol. The third-order valence-corrected chi connectivity index (χ3v) is 3.31. The van der Waals surface area contributed by atoms with E-state index < -0.39 is 0 Å². The number of nitrogens with one attached hydrogen (secondary N) is 1. The molecule has 0 atom stereocenters. The fourth-order valence-corrected chi connectivity index (χ4v) is 2.01. The summed E-state index contributed by atoms with van der Waals surface area (Å²) in [5.41, 5.74) is 1.25. The molecule has 1 N–H and O–H groups in total. The summed E-state index contributed by atoms with van der Waals surface area (Å²) < 4.78 is 0. The SMILES string of the molecule is CSCCCN(C)CCNCc1cccnc1. The van der Waals surface area contributed by atoms with E-state index in [0.29, 0.717) is 0 Å². The highest BCUT2D eigenvalue weighted by atomic mass is 32.2. The van der Waals surface area contributed by atoms with Crippen LogP contribution in [0.2, 0.25) is 0 Å². The van der Waals surface area contributed by atoms with Gasteiger partial charge in [0.15, 0.2) is 0 Å². The van der Waals surface area contributed by atoms with E-state index in [1.807, 2.05) is 30.2 Å². The Kier molecular flexibility index (Phi) is 8.05. The summed E-state index contributed by atoms with van der Waals surface area (Å²) in [5, 5.41) is 3.44. The molecular formula is C13H23N3S. The molecule has 0 unspecified atom stereocenters. The van der Waals surface area contributed by atoms with Crippen LogP contribution in [0.4, 0.5) is 0 Å². The Morgan fingerprint density at radius 2 is 2.29 bits per heavy atom. The van der Waals surface area contributed by atoms with Gasteiger partial charge in [0.2, 0.25) is 0 Å². The van der Waals surface area contributed by atoms with Crippen LogP contribution in [-0.4, -0.2) is 48.6 Å². The van der Waals surface area contributed by atoms with Crippen molar-refractivity contribution in [1.82, 2.24) is 15.2 Å². The van der Waals surface area contributed by atoms with Crippen LogP contribution in [0.25, 0.3) is 0 Å². The number of likely N-dealkylation sites (N-methyl/N-ethyl adjacent to an activating group) is 1. The summed E-state index contributed by atoms with van der Waals surface area (Å²) in [7, 11) is 2.19. The summed E-state index contributed by atoms with van der Waals surface area (Å²) in [6.45, 7) is 4.24. The van der Waals surface area contributed by atoms with Crippen molar-refractivity contribution in [3.05, 3.63) is 30.1 Å². The highest BCUT2D eigenvalue weighted by Crippen LogP contribution is 1.97. The van der Waals surface area contributed by atoms with Gasteiger partial charge in [-0.2, -0.15) is 11.8 Å². The highest BCUT2D eigenvalue weighted by Gasteiger charge is 1.97. The summed E-state index contributed by atoms with van der Waals surface area (Å²) >= 11 is 1.92. The third-order valence-electron chi connectivity index (χ3n) is 2.61. The van der Waals surface area contributed by atoms with Crippen LogP contribution in [0.5, 0.6) is 0 Å². The van der Waals surface area contributed by atoms with E-state index in [0.717, 1.165) is 19.6 Å². The van der Waals surface area contributed by atoms with Gasteiger partial charge in [-0.05, 0) is 43.7 Å². The minimum Gasteiger partial charge on any atom is -0.311 e. The average Bonchev–Trinajstić information content (AvgIpc) is 2.36. The Labute approximate surface area is 109 Å². The van der Waals surface area contributed by atoms with Crippen LogP contribution in [-0.2, 0) is 6.54 Å². The number of pyridine rings is 1. The van der Waals surface area contributed by atoms with Crippen molar-refractivity contribution in [2.24, 2.45) is 0 Å². The van der Waals surface area contributed by atoms with Crippen molar-refractivity contribution in [1.29, 1.82) is 0 Å². The van der Waals surface area contributed by atoms with E-state index in [4.69, 9.17) is 0 Å². The summed E-state index contributed by atoms with van der Waals surface area (Å²) in [6, 6.07) is 4.08. The van der Waals surface area contributed by atoms with Crippen LogP contribution in [0.3, 0.4) is 0 Å². The maximum atomic E-state index is 4.10. The van der Waals surface area contributed by atoms with Crippen molar-refractivity contribution in [2.75, 3.05) is 38.7 Å². The van der Waals surface area contributed by atoms with Crippen molar-refractivity contribution < 1.29 is 0 Å². The van der Waals surface area contributed by atoms with E-state index in [1.54, 1.807) is 0 Å². The van der Waals surface area contributed by atoms with Gasteiger partial charge in [0.05, 0.1) is 0 Å². The first-order valence-corrected chi connectivity index (χ1v) is 7.49. The molecule has 3 nitrogen and oxygen atoms in total. The Morgan fingerprint density at radius 3 is 3.00 bits per heavy atom. The van der Waals surface area contributed by atoms with E-state index in [1.165, 1.54) is 24.3 Å². The first-order valence-electron chi connectivity index (χ1n) is 6.10. The number of hydrogen-bond donors (Lipinski definition) is 1. The Hall–Kier alpha value is -0.580. The lowest BCUT2D eigenvalue weighted by molar-refractivity contribution is 0.333. The van der Waals surface area contributed by atoms with Gasteiger partial charge in [-0.25, -0.2) is 0 Å². The minimum atomic E-state index is 0.909. The van der Waals surface area contributed by atoms with Gasteiger partial charge >= 0.3 is 0 Å². The zero-order valence-corrected chi connectivity index (χ0v) is 11.7. The van der Waals surface area contributed by atoms with Gasteiger partial charge in [-0.3, -0.25) is 4.98 Å². The van der Waals surface area contributed by atoms with Gasteiger partial charge in [0.25, 0.3) is 0 Å². The normalized spacial score (nSPS) is 11.0. The molecule has 1 aromatic heterocycles. The standard InChI is InChI=1S/C13H23N3S/c1-16(8-4-10-17-2)9-7-15-12-13-5-3-6-14-11-13/h3,5-6,11,15H,4,7-10,12H2,1-2H3. The molecule has 0 aliphatic rings. The number of aromatic nitrogens is 1. The van der Waals surface area contributed by atoms with Crippen LogP contribution < -0.4 is 5.32 Å². The number of rotatable bonds is 9. The fraction of sp³-hybridized carbons (Fsp3) is 0.615. The zero-order chi connectivity index (χ0) is 12.3. The summed E-state index contributed by atoms with van der Waals surface area (Å²) in [6.07, 6.45) is 7.16. The third kappa shape index (κ3) is 7.36. The molecule has 0 spiro atoms. The second-order valence-corrected chi connectivity index (χ2v) is 5.17. The molecule has 0 aliphatic heterocycles. The highest BCUT2D eigenvalue weighted by molar-refractivity contribution is 7.98. The molecule has 0 amide bonds. The van der Waals surface area contributed by atoms with Gasteiger partial charge in [0, 0.05) is 32.0 Å². The number of nitrogens with zero attached hydrogens (tertiary/aromatic N) is 2. The summed E-state index contributed by atoms with van der Waals surface area (Å²) in [4.78, 5) is 6.48. The van der Waals surface area contributed by atoms with Crippen molar-refractivity contribution in [3.8, 4) is 0 Å². The predicted molar refractivity (Wildman–Crippen MR) is 76.4 cm³/mol. The number of thioether (sulfide) groups is 1. The smallest absolute Gasteiger partial charge is 0.0312 e. The van der Waals surface area contributed by atoms with E-state index in [2.05, 4.69) is 34.6 Å². The number of hydrogen-bond acceptors (Lipinski definition) is 4. The fourth-order valence-electron chi connectivity index (χ4n) is 1.60. The Balaban J connectivity index is 2.00. The molecule has 96 valence electrons. The zero-order valence-electron chi connectivity index (χ0n) is 10.9. The first-order chi connectivity index (χ1) is 8.33. The van der Waals surface area contributed by atoms with Crippen molar-refractivity contribution in [3.63, 3.8) is 0 Å². The van der Waals surface area contributed by atoms with Gasteiger partial charge < -0.3 is 10.2 Å². The second-order valence-electron chi connectivity index (χ2n) is 4.19. The Bertz CT molecular complexity index is 279. The van der Waals surface area contributed by atoms with Crippen LogP contribution in [0.1, 0.15) is 12.0 Å². The predicted octanol–water partition coefficient (Wildman–Crippen LogP) is 1.86. The molecule has 0 saturated heterocycles. The molecular weight excluding hydrogens is 230 g/mol.